The summed E-state index contributed by atoms with van der Waals surface area (Å²) in [7, 11) is 0. The van der Waals surface area contributed by atoms with E-state index in [-0.39, 0.29) is 11.9 Å². The lowest BCUT2D eigenvalue weighted by Gasteiger charge is -2.41. The van der Waals surface area contributed by atoms with Crippen molar-refractivity contribution in [3.8, 4) is 0 Å². The molecule has 24 heavy (non-hydrogen) atoms. The Balaban J connectivity index is 1.55. The molecule has 1 amide bonds. The zero-order valence-electron chi connectivity index (χ0n) is 13.7. The summed E-state index contributed by atoms with van der Waals surface area (Å²) in [5.41, 5.74) is 1.94. The van der Waals surface area contributed by atoms with E-state index in [2.05, 4.69) is 16.4 Å². The number of pyridine rings is 1. The molecule has 0 radical (unpaired) electrons. The summed E-state index contributed by atoms with van der Waals surface area (Å²) >= 11 is 6.43. The van der Waals surface area contributed by atoms with Crippen LogP contribution in [0.2, 0.25) is 5.02 Å². The van der Waals surface area contributed by atoms with Crippen molar-refractivity contribution in [1.82, 2.24) is 10.3 Å². The molecule has 2 aliphatic carbocycles. The Kier molecular flexibility index (Phi) is 3.77. The minimum atomic E-state index is -0.648. The third-order valence-electron chi connectivity index (χ3n) is 5.31. The van der Waals surface area contributed by atoms with E-state index in [4.69, 9.17) is 11.6 Å². The van der Waals surface area contributed by atoms with Gasteiger partial charge in [-0.15, -0.1) is 0 Å². The molecule has 2 fully saturated rings. The largest absolute Gasteiger partial charge is 0.390 e. The molecule has 126 valence electrons. The number of hydrogen-bond donors (Lipinski definition) is 2. The molecular weight excluding hydrogens is 324 g/mol. The van der Waals surface area contributed by atoms with Crippen molar-refractivity contribution in [1.29, 1.82) is 0 Å². The van der Waals surface area contributed by atoms with Gasteiger partial charge in [-0.25, -0.2) is 0 Å². The van der Waals surface area contributed by atoms with Crippen LogP contribution in [0.25, 0.3) is 10.9 Å². The van der Waals surface area contributed by atoms with Crippen LogP contribution in [0.1, 0.15) is 60.9 Å². The van der Waals surface area contributed by atoms with Crippen LogP contribution in [0.5, 0.6) is 0 Å². The fourth-order valence-electron chi connectivity index (χ4n) is 3.69. The van der Waals surface area contributed by atoms with E-state index >= 15 is 0 Å². The van der Waals surface area contributed by atoms with Crippen molar-refractivity contribution in [3.05, 3.63) is 40.5 Å². The number of fused-ring (bicyclic) bond motifs is 1. The van der Waals surface area contributed by atoms with E-state index in [1.165, 1.54) is 24.8 Å². The second-order valence-electron chi connectivity index (χ2n) is 7.49. The van der Waals surface area contributed by atoms with E-state index in [1.807, 2.05) is 12.1 Å². The summed E-state index contributed by atoms with van der Waals surface area (Å²) < 4.78 is 0. The highest BCUT2D eigenvalue weighted by Crippen LogP contribution is 2.41. The number of hydrogen-bond acceptors (Lipinski definition) is 3. The van der Waals surface area contributed by atoms with E-state index in [9.17, 15) is 9.90 Å². The maximum Gasteiger partial charge on any atom is 0.253 e. The van der Waals surface area contributed by atoms with Gasteiger partial charge in [-0.3, -0.25) is 9.78 Å². The van der Waals surface area contributed by atoms with Gasteiger partial charge in [0, 0.05) is 22.6 Å². The molecule has 1 aromatic carbocycles. The minimum Gasteiger partial charge on any atom is -0.390 e. The topological polar surface area (TPSA) is 62.2 Å². The summed E-state index contributed by atoms with van der Waals surface area (Å²) in [6, 6.07) is 5.85. The number of aromatic nitrogens is 1. The molecule has 0 saturated heterocycles. The van der Waals surface area contributed by atoms with Crippen LogP contribution in [0.15, 0.2) is 24.4 Å². The average Bonchev–Trinajstić information content (AvgIpc) is 2.43. The van der Waals surface area contributed by atoms with E-state index in [0.717, 1.165) is 15.9 Å². The van der Waals surface area contributed by atoms with Gasteiger partial charge in [0.2, 0.25) is 0 Å². The number of nitrogens with one attached hydrogen (secondary N) is 1. The quantitative estimate of drug-likeness (QED) is 0.890. The highest BCUT2D eigenvalue weighted by Gasteiger charge is 2.39. The van der Waals surface area contributed by atoms with E-state index < -0.39 is 5.60 Å². The molecule has 0 unspecified atom stereocenters. The number of carbonyl (C=O) groups is 1. The fraction of sp³-hybridized carbons (Fsp3) is 0.474. The molecule has 0 atom stereocenters. The predicted octanol–water partition coefficient (Wildman–Crippen LogP) is 3.80. The van der Waals surface area contributed by atoms with Crippen molar-refractivity contribution in [2.75, 3.05) is 0 Å². The zero-order valence-corrected chi connectivity index (χ0v) is 14.4. The summed E-state index contributed by atoms with van der Waals surface area (Å²) in [6.45, 7) is 1.79. The molecule has 2 aromatic rings. The molecule has 0 bridgehead atoms. The molecule has 0 aliphatic heterocycles. The normalized spacial score (nSPS) is 26.7. The van der Waals surface area contributed by atoms with Crippen molar-refractivity contribution in [2.24, 2.45) is 0 Å². The van der Waals surface area contributed by atoms with Gasteiger partial charge < -0.3 is 10.4 Å². The Morgan fingerprint density at radius 3 is 2.71 bits per heavy atom. The van der Waals surface area contributed by atoms with Gasteiger partial charge in [0.15, 0.2) is 0 Å². The zero-order chi connectivity index (χ0) is 16.9. The van der Waals surface area contributed by atoms with Crippen LogP contribution >= 0.6 is 11.6 Å². The standard InChI is InChI=1S/C19H21ClN2O2/c1-19(24)8-14(9-19)22-18(23)13-5-12-6-16(20)15(11-3-2-4-11)7-17(12)21-10-13/h5-7,10-11,14,24H,2-4,8-9H2,1H3,(H,22,23)/t14-,19+. The lowest BCUT2D eigenvalue weighted by molar-refractivity contribution is -0.0366. The van der Waals surface area contributed by atoms with Crippen LogP contribution in [0.4, 0.5) is 0 Å². The molecule has 0 spiro atoms. The SMILES string of the molecule is C[C@]1(O)C[C@@H](NC(=O)c2cnc3cc(C4CCC4)c(Cl)cc3c2)C1. The van der Waals surface area contributed by atoms with Crippen LogP contribution in [-0.2, 0) is 0 Å². The van der Waals surface area contributed by atoms with Gasteiger partial charge in [0.05, 0.1) is 16.7 Å². The Morgan fingerprint density at radius 2 is 2.08 bits per heavy atom. The number of nitrogens with zero attached hydrogens (tertiary/aromatic N) is 1. The first-order valence-corrected chi connectivity index (χ1v) is 8.91. The molecule has 1 heterocycles. The first-order valence-electron chi connectivity index (χ1n) is 8.54. The third kappa shape index (κ3) is 2.89. The highest BCUT2D eigenvalue weighted by molar-refractivity contribution is 6.32. The second-order valence-corrected chi connectivity index (χ2v) is 7.90. The number of carbonyl (C=O) groups excluding carboxylic acids is 1. The van der Waals surface area contributed by atoms with Crippen LogP contribution in [-0.4, -0.2) is 27.6 Å². The first kappa shape index (κ1) is 15.9. The van der Waals surface area contributed by atoms with Gasteiger partial charge in [-0.2, -0.15) is 0 Å². The maximum atomic E-state index is 12.4. The Hall–Kier alpha value is -1.65. The van der Waals surface area contributed by atoms with Gasteiger partial charge in [-0.1, -0.05) is 18.0 Å². The number of aliphatic hydroxyl groups is 1. The molecule has 4 nitrogen and oxygen atoms in total. The van der Waals surface area contributed by atoms with Crippen molar-refractivity contribution >= 4 is 28.4 Å². The predicted molar refractivity (Wildman–Crippen MR) is 94.5 cm³/mol. The Labute approximate surface area is 146 Å². The number of halogens is 1. The summed E-state index contributed by atoms with van der Waals surface area (Å²) in [5.74, 6) is 0.405. The van der Waals surface area contributed by atoms with Crippen molar-refractivity contribution in [3.63, 3.8) is 0 Å². The Bertz CT molecular complexity index is 806. The van der Waals surface area contributed by atoms with Crippen molar-refractivity contribution in [2.45, 2.75) is 56.6 Å². The summed E-state index contributed by atoms with van der Waals surface area (Å²) in [5, 5.41) is 14.4. The Morgan fingerprint density at radius 1 is 1.33 bits per heavy atom. The number of rotatable bonds is 3. The van der Waals surface area contributed by atoms with Gasteiger partial charge in [0.1, 0.15) is 0 Å². The first-order chi connectivity index (χ1) is 11.4. The summed E-state index contributed by atoms with van der Waals surface area (Å²) in [4.78, 5) is 16.8. The highest BCUT2D eigenvalue weighted by atomic mass is 35.5. The molecule has 2 N–H and O–H groups in total. The third-order valence-corrected chi connectivity index (χ3v) is 5.64. The molecule has 2 saturated carbocycles. The van der Waals surface area contributed by atoms with Crippen LogP contribution in [0, 0.1) is 0 Å². The number of benzene rings is 1. The lowest BCUT2D eigenvalue weighted by atomic mass is 9.77. The maximum absolute atomic E-state index is 12.4. The minimum absolute atomic E-state index is 0.0350. The molecule has 4 rings (SSSR count). The molecule has 1 aromatic heterocycles. The lowest BCUT2D eigenvalue weighted by Crippen LogP contribution is -2.53. The fourth-order valence-corrected chi connectivity index (χ4v) is 4.02. The van der Waals surface area contributed by atoms with E-state index in [1.54, 1.807) is 13.1 Å². The summed E-state index contributed by atoms with van der Waals surface area (Å²) in [6.07, 6.45) is 6.45. The molecular formula is C19H21ClN2O2. The molecule has 2 aliphatic rings. The number of amides is 1. The van der Waals surface area contributed by atoms with Crippen molar-refractivity contribution < 1.29 is 9.90 Å². The van der Waals surface area contributed by atoms with E-state index in [0.29, 0.717) is 24.3 Å². The second kappa shape index (κ2) is 5.71. The average molecular weight is 345 g/mol. The smallest absolute Gasteiger partial charge is 0.253 e. The van der Waals surface area contributed by atoms with Crippen LogP contribution in [0.3, 0.4) is 0 Å². The van der Waals surface area contributed by atoms with Gasteiger partial charge in [-0.05, 0) is 62.3 Å². The monoisotopic (exact) mass is 344 g/mol. The van der Waals surface area contributed by atoms with Gasteiger partial charge >= 0.3 is 0 Å². The van der Waals surface area contributed by atoms with Crippen LogP contribution < -0.4 is 5.32 Å². The van der Waals surface area contributed by atoms with Gasteiger partial charge in [0.25, 0.3) is 5.91 Å². The molecule has 5 heteroatoms.